The quantitative estimate of drug-likeness (QED) is 0.877. The smallest absolute Gasteiger partial charge is 0.0956 e. The summed E-state index contributed by atoms with van der Waals surface area (Å²) in [6.45, 7) is 5.76. The molecule has 2 heterocycles. The van der Waals surface area contributed by atoms with Crippen LogP contribution >= 0.6 is 11.3 Å². The molecule has 1 aromatic heterocycles. The maximum atomic E-state index is 9.97. The van der Waals surface area contributed by atoms with Crippen molar-refractivity contribution in [1.29, 1.82) is 0 Å². The number of aryl methyl sites for hydroxylation is 2. The lowest BCUT2D eigenvalue weighted by molar-refractivity contribution is 0.128. The molecule has 1 saturated heterocycles. The first kappa shape index (κ1) is 12.0. The highest BCUT2D eigenvalue weighted by Crippen LogP contribution is 2.22. The standard InChI is InChI=1S/C12H19NO2S/c1-8-9(2)16-12(13-8)6-11(14)5-10-3-4-15-7-10/h10-11,14H,3-7H2,1-2H3. The highest BCUT2D eigenvalue weighted by Gasteiger charge is 2.20. The van der Waals surface area contributed by atoms with E-state index in [1.165, 1.54) is 4.88 Å². The van der Waals surface area contributed by atoms with E-state index in [0.717, 1.165) is 36.8 Å². The van der Waals surface area contributed by atoms with Gasteiger partial charge in [-0.05, 0) is 32.6 Å². The van der Waals surface area contributed by atoms with Crippen molar-refractivity contribution >= 4 is 11.3 Å². The first-order chi connectivity index (χ1) is 7.65. The predicted molar refractivity (Wildman–Crippen MR) is 64.8 cm³/mol. The van der Waals surface area contributed by atoms with E-state index in [2.05, 4.69) is 11.9 Å². The van der Waals surface area contributed by atoms with Gasteiger partial charge in [-0.15, -0.1) is 11.3 Å². The van der Waals surface area contributed by atoms with Crippen molar-refractivity contribution in [3.8, 4) is 0 Å². The third-order valence-electron chi connectivity index (χ3n) is 3.11. The first-order valence-electron chi connectivity index (χ1n) is 5.84. The maximum absolute atomic E-state index is 9.97. The van der Waals surface area contributed by atoms with Gasteiger partial charge in [-0.25, -0.2) is 4.98 Å². The van der Waals surface area contributed by atoms with Gasteiger partial charge in [-0.3, -0.25) is 0 Å². The summed E-state index contributed by atoms with van der Waals surface area (Å²) in [6.07, 6.45) is 2.36. The average molecular weight is 241 g/mol. The van der Waals surface area contributed by atoms with Gasteiger partial charge in [0, 0.05) is 24.5 Å². The predicted octanol–water partition coefficient (Wildman–Crippen LogP) is 2.09. The molecular formula is C12H19NO2S. The van der Waals surface area contributed by atoms with Crippen LogP contribution in [0.4, 0.5) is 0 Å². The Hall–Kier alpha value is -0.450. The van der Waals surface area contributed by atoms with Crippen LogP contribution in [-0.4, -0.2) is 29.4 Å². The Morgan fingerprint density at radius 2 is 2.38 bits per heavy atom. The zero-order chi connectivity index (χ0) is 11.5. The van der Waals surface area contributed by atoms with Crippen molar-refractivity contribution in [2.45, 2.75) is 39.2 Å². The lowest BCUT2D eigenvalue weighted by Gasteiger charge is -2.12. The van der Waals surface area contributed by atoms with E-state index in [-0.39, 0.29) is 6.10 Å². The number of nitrogens with zero attached hydrogens (tertiary/aromatic N) is 1. The van der Waals surface area contributed by atoms with E-state index in [1.54, 1.807) is 11.3 Å². The molecule has 2 atom stereocenters. The van der Waals surface area contributed by atoms with Gasteiger partial charge in [0.2, 0.25) is 0 Å². The van der Waals surface area contributed by atoms with E-state index >= 15 is 0 Å². The molecule has 1 aliphatic heterocycles. The minimum Gasteiger partial charge on any atom is -0.393 e. The highest BCUT2D eigenvalue weighted by molar-refractivity contribution is 7.11. The van der Waals surface area contributed by atoms with E-state index in [1.807, 2.05) is 6.92 Å². The number of aliphatic hydroxyl groups excluding tert-OH is 1. The zero-order valence-corrected chi connectivity index (χ0v) is 10.7. The number of aromatic nitrogens is 1. The summed E-state index contributed by atoms with van der Waals surface area (Å²) in [5.74, 6) is 0.539. The molecule has 1 aliphatic rings. The number of rotatable bonds is 4. The lowest BCUT2D eigenvalue weighted by Crippen LogP contribution is -2.16. The van der Waals surface area contributed by atoms with Crippen LogP contribution in [0.1, 0.15) is 28.4 Å². The average Bonchev–Trinajstić information content (AvgIpc) is 2.78. The van der Waals surface area contributed by atoms with Crippen LogP contribution in [0.3, 0.4) is 0 Å². The van der Waals surface area contributed by atoms with Crippen molar-refractivity contribution in [2.24, 2.45) is 5.92 Å². The lowest BCUT2D eigenvalue weighted by atomic mass is 9.99. The molecule has 1 aromatic rings. The summed E-state index contributed by atoms with van der Waals surface area (Å²) in [5, 5.41) is 11.0. The van der Waals surface area contributed by atoms with Gasteiger partial charge in [-0.2, -0.15) is 0 Å². The van der Waals surface area contributed by atoms with Gasteiger partial charge in [0.1, 0.15) is 0 Å². The second-order valence-electron chi connectivity index (χ2n) is 4.57. The SMILES string of the molecule is Cc1nc(CC(O)CC2CCOC2)sc1C. The van der Waals surface area contributed by atoms with Crippen molar-refractivity contribution in [2.75, 3.05) is 13.2 Å². The van der Waals surface area contributed by atoms with Crippen molar-refractivity contribution < 1.29 is 9.84 Å². The normalized spacial score (nSPS) is 22.6. The minimum atomic E-state index is -0.267. The number of hydrogen-bond donors (Lipinski definition) is 1. The molecule has 4 heteroatoms. The summed E-state index contributed by atoms with van der Waals surface area (Å²) < 4.78 is 5.31. The molecule has 90 valence electrons. The second kappa shape index (κ2) is 5.25. The molecule has 16 heavy (non-hydrogen) atoms. The van der Waals surface area contributed by atoms with Crippen LogP contribution in [0, 0.1) is 19.8 Å². The molecule has 0 spiro atoms. The molecule has 0 amide bonds. The summed E-state index contributed by atoms with van der Waals surface area (Å²) in [5.41, 5.74) is 1.09. The molecule has 3 nitrogen and oxygen atoms in total. The van der Waals surface area contributed by atoms with Gasteiger partial charge in [0.25, 0.3) is 0 Å². The number of ether oxygens (including phenoxy) is 1. The Bertz CT molecular complexity index is 325. The fraction of sp³-hybridized carbons (Fsp3) is 0.750. The molecular weight excluding hydrogens is 222 g/mol. The Balaban J connectivity index is 1.84. The topological polar surface area (TPSA) is 42.4 Å². The van der Waals surface area contributed by atoms with Crippen LogP contribution in [0.5, 0.6) is 0 Å². The van der Waals surface area contributed by atoms with Crippen molar-refractivity contribution in [1.82, 2.24) is 4.98 Å². The van der Waals surface area contributed by atoms with Crippen molar-refractivity contribution in [3.63, 3.8) is 0 Å². The number of aliphatic hydroxyl groups is 1. The van der Waals surface area contributed by atoms with Gasteiger partial charge in [0.15, 0.2) is 0 Å². The molecule has 0 radical (unpaired) electrons. The number of hydrogen-bond acceptors (Lipinski definition) is 4. The van der Waals surface area contributed by atoms with E-state index in [0.29, 0.717) is 12.3 Å². The third kappa shape index (κ3) is 3.03. The fourth-order valence-corrected chi connectivity index (χ4v) is 3.07. The molecule has 1 fully saturated rings. The molecule has 1 N–H and O–H groups in total. The third-order valence-corrected chi connectivity index (χ3v) is 4.21. The van der Waals surface area contributed by atoms with E-state index < -0.39 is 0 Å². The molecule has 0 aromatic carbocycles. The first-order valence-corrected chi connectivity index (χ1v) is 6.65. The fourth-order valence-electron chi connectivity index (χ4n) is 2.07. The minimum absolute atomic E-state index is 0.267. The summed E-state index contributed by atoms with van der Waals surface area (Å²) in [6, 6.07) is 0. The van der Waals surface area contributed by atoms with Crippen LogP contribution < -0.4 is 0 Å². The maximum Gasteiger partial charge on any atom is 0.0956 e. The Morgan fingerprint density at radius 3 is 2.94 bits per heavy atom. The molecule has 0 aliphatic carbocycles. The highest BCUT2D eigenvalue weighted by atomic mass is 32.1. The van der Waals surface area contributed by atoms with Crippen molar-refractivity contribution in [3.05, 3.63) is 15.6 Å². The molecule has 0 saturated carbocycles. The molecule has 2 unspecified atom stereocenters. The Kier molecular flexibility index (Phi) is 3.95. The van der Waals surface area contributed by atoms with E-state index in [4.69, 9.17) is 4.74 Å². The summed E-state index contributed by atoms with van der Waals surface area (Å²) in [7, 11) is 0. The van der Waals surface area contributed by atoms with Gasteiger partial charge >= 0.3 is 0 Å². The van der Waals surface area contributed by atoms with Gasteiger partial charge in [0.05, 0.1) is 16.8 Å². The summed E-state index contributed by atoms with van der Waals surface area (Å²) in [4.78, 5) is 5.71. The molecule has 2 rings (SSSR count). The second-order valence-corrected chi connectivity index (χ2v) is 5.86. The van der Waals surface area contributed by atoms with Gasteiger partial charge < -0.3 is 9.84 Å². The van der Waals surface area contributed by atoms with E-state index in [9.17, 15) is 5.11 Å². The van der Waals surface area contributed by atoms with Crippen LogP contribution in [0.2, 0.25) is 0 Å². The largest absolute Gasteiger partial charge is 0.393 e. The van der Waals surface area contributed by atoms with Crippen LogP contribution in [0.25, 0.3) is 0 Å². The Morgan fingerprint density at radius 1 is 1.56 bits per heavy atom. The van der Waals surface area contributed by atoms with Gasteiger partial charge in [-0.1, -0.05) is 0 Å². The summed E-state index contributed by atoms with van der Waals surface area (Å²) >= 11 is 1.70. The van der Waals surface area contributed by atoms with Crippen LogP contribution in [0.15, 0.2) is 0 Å². The zero-order valence-electron chi connectivity index (χ0n) is 9.90. The number of thiazole rings is 1. The monoisotopic (exact) mass is 241 g/mol. The molecule has 0 bridgehead atoms. The Labute approximate surface area is 100 Å². The van der Waals surface area contributed by atoms with Crippen LogP contribution in [-0.2, 0) is 11.2 Å².